The highest BCUT2D eigenvalue weighted by Crippen LogP contribution is 1.92. The first-order valence-electron chi connectivity index (χ1n) is 4.66. The van der Waals surface area contributed by atoms with Crippen LogP contribution in [0.4, 0.5) is 0 Å². The van der Waals surface area contributed by atoms with Gasteiger partial charge in [-0.3, -0.25) is 4.79 Å². The molecular formula is C8H19N3O3S. The maximum Gasteiger partial charge on any atom is 0.236 e. The first-order valence-corrected chi connectivity index (χ1v) is 6.27. The minimum absolute atomic E-state index is 0.0812. The second-order valence-electron chi connectivity index (χ2n) is 3.40. The molecule has 0 rings (SSSR count). The molecule has 0 saturated carbocycles. The molecular weight excluding hydrogens is 218 g/mol. The molecule has 1 atom stereocenters. The zero-order valence-electron chi connectivity index (χ0n) is 9.57. The van der Waals surface area contributed by atoms with Crippen LogP contribution in [0.3, 0.4) is 0 Å². The van der Waals surface area contributed by atoms with Gasteiger partial charge in [-0.25, -0.2) is 12.7 Å². The number of carbonyl (C=O) groups excluding carboxylic acids is 1. The minimum Gasteiger partial charge on any atom is -0.354 e. The zero-order chi connectivity index (χ0) is 12.1. The Bertz CT molecular complexity index is 300. The van der Waals surface area contributed by atoms with E-state index in [1.807, 2.05) is 0 Å². The van der Waals surface area contributed by atoms with Crippen LogP contribution in [0.25, 0.3) is 0 Å². The molecule has 7 heteroatoms. The molecule has 0 aliphatic heterocycles. The van der Waals surface area contributed by atoms with E-state index in [4.69, 9.17) is 0 Å². The van der Waals surface area contributed by atoms with Crippen molar-refractivity contribution in [3.05, 3.63) is 0 Å². The molecule has 0 bridgehead atoms. The maximum atomic E-state index is 11.3. The van der Waals surface area contributed by atoms with E-state index in [0.717, 1.165) is 4.31 Å². The van der Waals surface area contributed by atoms with Gasteiger partial charge in [0, 0.05) is 20.6 Å². The highest BCUT2D eigenvalue weighted by Gasteiger charge is 2.15. The Morgan fingerprint density at radius 2 is 1.93 bits per heavy atom. The summed E-state index contributed by atoms with van der Waals surface area (Å²) in [4.78, 5) is 11.2. The van der Waals surface area contributed by atoms with E-state index in [2.05, 4.69) is 10.6 Å². The summed E-state index contributed by atoms with van der Waals surface area (Å²) in [6.45, 7) is 1.83. The smallest absolute Gasteiger partial charge is 0.236 e. The lowest BCUT2D eigenvalue weighted by atomic mass is 10.3. The number of likely N-dealkylation sites (N-methyl/N-ethyl adjacent to an activating group) is 1. The predicted molar refractivity (Wildman–Crippen MR) is 59.0 cm³/mol. The van der Waals surface area contributed by atoms with Crippen LogP contribution >= 0.6 is 0 Å². The quantitative estimate of drug-likeness (QED) is 0.596. The second kappa shape index (κ2) is 6.04. The molecule has 0 heterocycles. The fraction of sp³-hybridized carbons (Fsp3) is 0.875. The van der Waals surface area contributed by atoms with E-state index in [9.17, 15) is 13.2 Å². The lowest BCUT2D eigenvalue weighted by molar-refractivity contribution is -0.122. The Kier molecular flexibility index (Phi) is 5.77. The summed E-state index contributed by atoms with van der Waals surface area (Å²) in [5.74, 6) is -0.284. The van der Waals surface area contributed by atoms with Crippen LogP contribution in [0, 0.1) is 0 Å². The van der Waals surface area contributed by atoms with E-state index < -0.39 is 10.0 Å². The van der Waals surface area contributed by atoms with Crippen LogP contribution in [-0.4, -0.2) is 58.1 Å². The van der Waals surface area contributed by atoms with E-state index in [-0.39, 0.29) is 24.2 Å². The number of hydrogen-bond donors (Lipinski definition) is 2. The van der Waals surface area contributed by atoms with Gasteiger partial charge in [-0.05, 0) is 14.0 Å². The van der Waals surface area contributed by atoms with Crippen molar-refractivity contribution in [3.63, 3.8) is 0 Å². The van der Waals surface area contributed by atoms with Crippen LogP contribution < -0.4 is 10.6 Å². The molecule has 0 aliphatic carbocycles. The van der Waals surface area contributed by atoms with Crippen molar-refractivity contribution in [2.24, 2.45) is 0 Å². The molecule has 0 aromatic rings. The van der Waals surface area contributed by atoms with Crippen molar-refractivity contribution in [1.82, 2.24) is 14.9 Å². The average molecular weight is 237 g/mol. The molecule has 0 saturated heterocycles. The van der Waals surface area contributed by atoms with Crippen molar-refractivity contribution in [3.8, 4) is 0 Å². The first kappa shape index (κ1) is 14.3. The van der Waals surface area contributed by atoms with E-state index in [1.54, 1.807) is 14.0 Å². The third-order valence-corrected chi connectivity index (χ3v) is 3.87. The molecule has 1 amide bonds. The molecule has 2 N–H and O–H groups in total. The molecule has 0 aromatic heterocycles. The normalized spacial score (nSPS) is 13.9. The number of amides is 1. The SMILES string of the molecule is CNC(C)C(=O)NCCS(=O)(=O)N(C)C. The van der Waals surface area contributed by atoms with Crippen molar-refractivity contribution in [2.45, 2.75) is 13.0 Å². The summed E-state index contributed by atoms with van der Waals surface area (Å²) >= 11 is 0. The summed E-state index contributed by atoms with van der Waals surface area (Å²) in [6.07, 6.45) is 0. The molecule has 0 aliphatic rings. The highest BCUT2D eigenvalue weighted by molar-refractivity contribution is 7.89. The maximum absolute atomic E-state index is 11.3. The molecule has 1 unspecified atom stereocenters. The van der Waals surface area contributed by atoms with Gasteiger partial charge in [0.25, 0.3) is 0 Å². The topological polar surface area (TPSA) is 78.5 Å². The standard InChI is InChI=1S/C8H19N3O3S/c1-7(9-2)8(12)10-5-6-15(13,14)11(3)4/h7,9H,5-6H2,1-4H3,(H,10,12). The number of hydrogen-bond acceptors (Lipinski definition) is 4. The van der Waals surface area contributed by atoms with E-state index in [1.165, 1.54) is 14.1 Å². The van der Waals surface area contributed by atoms with Crippen molar-refractivity contribution in [1.29, 1.82) is 0 Å². The summed E-state index contributed by atoms with van der Waals surface area (Å²) in [7, 11) is 1.37. The number of sulfonamides is 1. The van der Waals surface area contributed by atoms with Gasteiger partial charge >= 0.3 is 0 Å². The molecule has 6 nitrogen and oxygen atoms in total. The lowest BCUT2D eigenvalue weighted by Gasteiger charge is -2.13. The van der Waals surface area contributed by atoms with Crippen molar-refractivity contribution >= 4 is 15.9 Å². The van der Waals surface area contributed by atoms with Crippen LogP contribution in [0.15, 0.2) is 0 Å². The first-order chi connectivity index (χ1) is 6.81. The summed E-state index contributed by atoms with van der Waals surface area (Å²) in [6, 6.07) is -0.313. The fourth-order valence-electron chi connectivity index (χ4n) is 0.770. The number of nitrogens with zero attached hydrogens (tertiary/aromatic N) is 1. The Hall–Kier alpha value is -0.660. The van der Waals surface area contributed by atoms with Crippen LogP contribution in [0.5, 0.6) is 0 Å². The zero-order valence-corrected chi connectivity index (χ0v) is 10.4. The number of nitrogens with one attached hydrogen (secondary N) is 2. The second-order valence-corrected chi connectivity index (χ2v) is 5.70. The lowest BCUT2D eigenvalue weighted by Crippen LogP contribution is -2.42. The molecule has 15 heavy (non-hydrogen) atoms. The van der Waals surface area contributed by atoms with Gasteiger partial charge in [-0.1, -0.05) is 0 Å². The van der Waals surface area contributed by atoms with Gasteiger partial charge in [0.2, 0.25) is 15.9 Å². The Labute approximate surface area is 91.1 Å². The largest absolute Gasteiger partial charge is 0.354 e. The van der Waals surface area contributed by atoms with E-state index >= 15 is 0 Å². The van der Waals surface area contributed by atoms with Crippen LogP contribution in [0.1, 0.15) is 6.92 Å². The summed E-state index contributed by atoms with van der Waals surface area (Å²) in [5.41, 5.74) is 0. The van der Waals surface area contributed by atoms with Gasteiger partial charge in [0.1, 0.15) is 0 Å². The predicted octanol–water partition coefficient (Wildman–Crippen LogP) is -1.40. The average Bonchev–Trinajstić information content (AvgIpc) is 2.15. The Balaban J connectivity index is 3.96. The summed E-state index contributed by atoms with van der Waals surface area (Å²) < 4.78 is 23.8. The molecule has 90 valence electrons. The van der Waals surface area contributed by atoms with Gasteiger partial charge < -0.3 is 10.6 Å². The van der Waals surface area contributed by atoms with Gasteiger partial charge in [0.15, 0.2) is 0 Å². The van der Waals surface area contributed by atoms with E-state index in [0.29, 0.717) is 0 Å². The number of carbonyl (C=O) groups is 1. The third-order valence-electron chi connectivity index (χ3n) is 2.04. The van der Waals surface area contributed by atoms with Gasteiger partial charge in [0.05, 0.1) is 11.8 Å². The van der Waals surface area contributed by atoms with Crippen molar-refractivity contribution < 1.29 is 13.2 Å². The van der Waals surface area contributed by atoms with Crippen LogP contribution in [0.2, 0.25) is 0 Å². The summed E-state index contributed by atoms with van der Waals surface area (Å²) in [5, 5.41) is 5.30. The Morgan fingerprint density at radius 1 is 1.40 bits per heavy atom. The molecule has 0 aromatic carbocycles. The Morgan fingerprint density at radius 3 is 2.33 bits per heavy atom. The van der Waals surface area contributed by atoms with Gasteiger partial charge in [-0.15, -0.1) is 0 Å². The fourth-order valence-corrected chi connectivity index (χ4v) is 1.50. The minimum atomic E-state index is -3.23. The van der Waals surface area contributed by atoms with Crippen molar-refractivity contribution in [2.75, 3.05) is 33.4 Å². The highest BCUT2D eigenvalue weighted by atomic mass is 32.2. The molecule has 0 radical (unpaired) electrons. The van der Waals surface area contributed by atoms with Crippen LogP contribution in [-0.2, 0) is 14.8 Å². The molecule has 0 fully saturated rings. The third kappa shape index (κ3) is 5.10. The van der Waals surface area contributed by atoms with Gasteiger partial charge in [-0.2, -0.15) is 0 Å². The number of rotatable bonds is 6. The molecule has 0 spiro atoms. The monoisotopic (exact) mass is 237 g/mol.